The van der Waals surface area contributed by atoms with E-state index in [0.29, 0.717) is 17.8 Å². The van der Waals surface area contributed by atoms with Crippen molar-refractivity contribution in [3.8, 4) is 17.0 Å². The molecule has 0 aliphatic heterocycles. The van der Waals surface area contributed by atoms with Gasteiger partial charge in [0.15, 0.2) is 0 Å². The number of rotatable bonds is 7. The molecule has 0 saturated heterocycles. The summed E-state index contributed by atoms with van der Waals surface area (Å²) in [4.78, 5) is 10.1. The summed E-state index contributed by atoms with van der Waals surface area (Å²) in [5.41, 5.74) is 10.4. The highest BCUT2D eigenvalue weighted by Gasteiger charge is 2.27. The van der Waals surface area contributed by atoms with Crippen molar-refractivity contribution in [3.05, 3.63) is 76.0 Å². The summed E-state index contributed by atoms with van der Waals surface area (Å²) in [6, 6.07) is 15.4. The van der Waals surface area contributed by atoms with Crippen LogP contribution >= 0.6 is 0 Å². The molecule has 1 aromatic heterocycles. The summed E-state index contributed by atoms with van der Waals surface area (Å²) in [6.45, 7) is 27.0. The van der Waals surface area contributed by atoms with Crippen molar-refractivity contribution in [2.45, 2.75) is 112 Å². The van der Waals surface area contributed by atoms with Crippen molar-refractivity contribution in [1.29, 1.82) is 0 Å². The van der Waals surface area contributed by atoms with Crippen LogP contribution in [0.4, 0.5) is 5.69 Å². The van der Waals surface area contributed by atoms with E-state index in [2.05, 4.69) is 119 Å². The lowest BCUT2D eigenvalue weighted by molar-refractivity contribution is 0.381. The minimum atomic E-state index is -0.0717. The maximum Gasteiger partial charge on any atom is 0.126 e. The fraction of sp³-hybridized carbons (Fsp3) is 0.500. The second kappa shape index (κ2) is 11.7. The predicted molar refractivity (Wildman–Crippen MR) is 170 cm³/mol. The molecule has 0 unspecified atom stereocenters. The van der Waals surface area contributed by atoms with Crippen LogP contribution in [-0.2, 0) is 10.8 Å². The highest BCUT2D eigenvalue weighted by molar-refractivity contribution is 5.82. The number of benzene rings is 2. The number of methoxy groups -OCH3 is 1. The Morgan fingerprint density at radius 2 is 1.26 bits per heavy atom. The van der Waals surface area contributed by atoms with Gasteiger partial charge in [0.1, 0.15) is 5.75 Å². The largest absolute Gasteiger partial charge is 0.496 e. The van der Waals surface area contributed by atoms with Crippen molar-refractivity contribution in [3.63, 3.8) is 0 Å². The Bertz CT molecular complexity index is 1270. The summed E-state index contributed by atoms with van der Waals surface area (Å²) in [5, 5.41) is 0. The third-order valence-corrected chi connectivity index (χ3v) is 7.40. The van der Waals surface area contributed by atoms with Gasteiger partial charge in [-0.15, -0.1) is 0 Å². The number of aliphatic imine (C=N–C) groups is 1. The van der Waals surface area contributed by atoms with Crippen LogP contribution < -0.4 is 4.74 Å². The quantitative estimate of drug-likeness (QED) is 0.287. The van der Waals surface area contributed by atoms with Gasteiger partial charge in [-0.3, -0.25) is 4.99 Å². The van der Waals surface area contributed by atoms with Crippen LogP contribution in [0.2, 0.25) is 0 Å². The maximum absolute atomic E-state index is 5.93. The maximum atomic E-state index is 5.93. The summed E-state index contributed by atoms with van der Waals surface area (Å²) in [6.07, 6.45) is 1.90. The first-order valence-electron chi connectivity index (χ1n) is 14.5. The molecular formula is C36H50N2O. The second-order valence-corrected chi connectivity index (χ2v) is 13.8. The third kappa shape index (κ3) is 6.99. The van der Waals surface area contributed by atoms with Crippen LogP contribution in [0.25, 0.3) is 11.3 Å². The Kier molecular flexibility index (Phi) is 9.15. The van der Waals surface area contributed by atoms with Crippen molar-refractivity contribution in [2.75, 3.05) is 7.11 Å². The lowest BCUT2D eigenvalue weighted by Gasteiger charge is -2.29. The molecule has 0 saturated carbocycles. The molecule has 0 aliphatic rings. The molecule has 0 spiro atoms. The molecule has 1 heterocycles. The van der Waals surface area contributed by atoms with E-state index in [1.807, 2.05) is 12.3 Å². The summed E-state index contributed by atoms with van der Waals surface area (Å²) in [5.74, 6) is 2.25. The lowest BCUT2D eigenvalue weighted by Crippen LogP contribution is -2.18. The van der Waals surface area contributed by atoms with E-state index in [-0.39, 0.29) is 10.8 Å². The monoisotopic (exact) mass is 526 g/mol. The standard InChI is InChI=1S/C36H50N2O/c1-22(2)25-17-28(23(3)4)33(29(18-25)24(5)6)32-16-14-15-26(38-32)21-37-27-19-30(35(7,8)9)34(39-13)31(20-27)36(10,11)12/h14-24H,1-13H3. The van der Waals surface area contributed by atoms with Gasteiger partial charge in [0.2, 0.25) is 0 Å². The van der Waals surface area contributed by atoms with Gasteiger partial charge < -0.3 is 4.74 Å². The lowest BCUT2D eigenvalue weighted by atomic mass is 9.79. The Balaban J connectivity index is 2.16. The van der Waals surface area contributed by atoms with E-state index in [9.17, 15) is 0 Å². The van der Waals surface area contributed by atoms with E-state index in [0.717, 1.165) is 22.8 Å². The number of nitrogens with zero attached hydrogens (tertiary/aromatic N) is 2. The van der Waals surface area contributed by atoms with Crippen molar-refractivity contribution in [2.24, 2.45) is 4.99 Å². The molecule has 3 heteroatoms. The predicted octanol–water partition coefficient (Wildman–Crippen LogP) is 10.5. The summed E-state index contributed by atoms with van der Waals surface area (Å²) >= 11 is 0. The summed E-state index contributed by atoms with van der Waals surface area (Å²) < 4.78 is 5.93. The van der Waals surface area contributed by atoms with Crippen LogP contribution in [0.5, 0.6) is 5.75 Å². The Hall–Kier alpha value is -2.94. The average molecular weight is 527 g/mol. The molecule has 2 aromatic carbocycles. The molecule has 0 atom stereocenters. The number of hydrogen-bond acceptors (Lipinski definition) is 3. The Morgan fingerprint density at radius 1 is 0.744 bits per heavy atom. The van der Waals surface area contributed by atoms with Gasteiger partial charge in [-0.05, 0) is 69.5 Å². The minimum absolute atomic E-state index is 0.0717. The smallest absolute Gasteiger partial charge is 0.126 e. The normalized spacial score (nSPS) is 12.8. The molecular weight excluding hydrogens is 476 g/mol. The van der Waals surface area contributed by atoms with Crippen LogP contribution in [0.1, 0.15) is 134 Å². The molecule has 3 aromatic rings. The molecule has 0 bridgehead atoms. The van der Waals surface area contributed by atoms with Gasteiger partial charge >= 0.3 is 0 Å². The SMILES string of the molecule is COc1c(C(C)(C)C)cc(N=Cc2cccc(-c3c(C(C)C)cc(C(C)C)cc3C(C)C)n2)cc1C(C)(C)C. The second-order valence-electron chi connectivity index (χ2n) is 13.8. The zero-order chi connectivity index (χ0) is 29.3. The summed E-state index contributed by atoms with van der Waals surface area (Å²) in [7, 11) is 1.77. The van der Waals surface area contributed by atoms with E-state index in [1.54, 1.807) is 7.11 Å². The average Bonchev–Trinajstić information content (AvgIpc) is 2.84. The molecule has 0 N–H and O–H groups in total. The van der Waals surface area contributed by atoms with Crippen LogP contribution in [-0.4, -0.2) is 18.3 Å². The number of aromatic nitrogens is 1. The molecule has 210 valence electrons. The van der Waals surface area contributed by atoms with Gasteiger partial charge in [-0.1, -0.05) is 101 Å². The van der Waals surface area contributed by atoms with Gasteiger partial charge in [0.05, 0.1) is 30.4 Å². The number of pyridine rings is 1. The molecule has 39 heavy (non-hydrogen) atoms. The van der Waals surface area contributed by atoms with Crippen LogP contribution in [0.15, 0.2) is 47.5 Å². The fourth-order valence-electron chi connectivity index (χ4n) is 5.08. The van der Waals surface area contributed by atoms with E-state index < -0.39 is 0 Å². The number of ether oxygens (including phenoxy) is 1. The molecule has 0 fully saturated rings. The van der Waals surface area contributed by atoms with Crippen LogP contribution in [0.3, 0.4) is 0 Å². The van der Waals surface area contributed by atoms with Gasteiger partial charge in [0, 0.05) is 16.7 Å². The first kappa shape index (κ1) is 30.6. The van der Waals surface area contributed by atoms with Gasteiger partial charge in [0.25, 0.3) is 0 Å². The van der Waals surface area contributed by atoms with E-state index in [1.165, 1.54) is 33.4 Å². The number of hydrogen-bond donors (Lipinski definition) is 0. The molecule has 0 amide bonds. The van der Waals surface area contributed by atoms with Crippen LogP contribution in [0, 0.1) is 0 Å². The van der Waals surface area contributed by atoms with Crippen molar-refractivity contribution in [1.82, 2.24) is 4.98 Å². The van der Waals surface area contributed by atoms with Crippen molar-refractivity contribution < 1.29 is 4.74 Å². The zero-order valence-electron chi connectivity index (χ0n) is 26.7. The van der Waals surface area contributed by atoms with Gasteiger partial charge in [-0.25, -0.2) is 4.98 Å². The molecule has 3 nitrogen and oxygen atoms in total. The molecule has 0 aliphatic carbocycles. The first-order chi connectivity index (χ1) is 18.0. The molecule has 0 radical (unpaired) electrons. The topological polar surface area (TPSA) is 34.5 Å². The Labute approximate surface area is 238 Å². The Morgan fingerprint density at radius 3 is 1.67 bits per heavy atom. The fourth-order valence-corrected chi connectivity index (χ4v) is 5.08. The molecule has 3 rings (SSSR count). The minimum Gasteiger partial charge on any atom is -0.496 e. The highest BCUT2D eigenvalue weighted by Crippen LogP contribution is 2.42. The zero-order valence-corrected chi connectivity index (χ0v) is 26.7. The first-order valence-corrected chi connectivity index (χ1v) is 14.5. The third-order valence-electron chi connectivity index (χ3n) is 7.40. The van der Waals surface area contributed by atoms with E-state index in [4.69, 9.17) is 14.7 Å². The van der Waals surface area contributed by atoms with Crippen molar-refractivity contribution >= 4 is 11.9 Å². The highest BCUT2D eigenvalue weighted by atomic mass is 16.5. The van der Waals surface area contributed by atoms with E-state index >= 15 is 0 Å². The van der Waals surface area contributed by atoms with Gasteiger partial charge in [-0.2, -0.15) is 0 Å².